The van der Waals surface area contributed by atoms with Crippen LogP contribution >= 0.6 is 0 Å². The number of carbonyl (C=O) groups is 2. The summed E-state index contributed by atoms with van der Waals surface area (Å²) >= 11 is 0. The molecule has 0 aliphatic rings. The summed E-state index contributed by atoms with van der Waals surface area (Å²) in [6.45, 7) is -5.73. The van der Waals surface area contributed by atoms with Gasteiger partial charge >= 0.3 is 48.0 Å². The van der Waals surface area contributed by atoms with Crippen molar-refractivity contribution in [2.24, 2.45) is 0 Å². The van der Waals surface area contributed by atoms with Crippen molar-refractivity contribution >= 4 is 11.9 Å². The lowest BCUT2D eigenvalue weighted by atomic mass is 9.94. The Labute approximate surface area is 170 Å². The summed E-state index contributed by atoms with van der Waals surface area (Å²) in [5.41, 5.74) is 0. The molecule has 32 heavy (non-hydrogen) atoms. The van der Waals surface area contributed by atoms with Crippen molar-refractivity contribution in [1.82, 2.24) is 0 Å². The third-order valence-electron chi connectivity index (χ3n) is 3.39. The SMILES string of the molecule is COC(=O)COCCOCC(=O)OCC(F)(F)C(F)(F)C(F)(F)C(F)(F)C(F)(F)C(F)F. The van der Waals surface area contributed by atoms with Gasteiger partial charge in [-0.05, 0) is 0 Å². The van der Waals surface area contributed by atoms with Crippen LogP contribution in [0.25, 0.3) is 0 Å². The van der Waals surface area contributed by atoms with Gasteiger partial charge in [-0.15, -0.1) is 0 Å². The van der Waals surface area contributed by atoms with Gasteiger partial charge in [-0.1, -0.05) is 0 Å². The van der Waals surface area contributed by atoms with Crippen molar-refractivity contribution in [2.45, 2.75) is 36.0 Å². The molecule has 0 fully saturated rings. The van der Waals surface area contributed by atoms with E-state index in [0.29, 0.717) is 0 Å². The van der Waals surface area contributed by atoms with Crippen LogP contribution in [0.3, 0.4) is 0 Å². The van der Waals surface area contributed by atoms with E-state index in [0.717, 1.165) is 7.11 Å². The molecule has 0 heterocycles. The molecule has 0 amide bonds. The van der Waals surface area contributed by atoms with Crippen molar-refractivity contribution in [3.63, 3.8) is 0 Å². The number of rotatable bonds is 14. The Kier molecular flexibility index (Phi) is 10.1. The molecule has 0 N–H and O–H groups in total. The molecular weight excluding hydrogens is 492 g/mol. The number of alkyl halides is 12. The Balaban J connectivity index is 4.99. The third kappa shape index (κ3) is 6.29. The summed E-state index contributed by atoms with van der Waals surface area (Å²) in [7, 11) is 1.03. The number of hydrogen-bond donors (Lipinski definition) is 0. The van der Waals surface area contributed by atoms with Gasteiger partial charge in [0.2, 0.25) is 0 Å². The second-order valence-corrected chi connectivity index (χ2v) is 5.69. The van der Waals surface area contributed by atoms with Crippen LogP contribution in [-0.2, 0) is 28.5 Å². The Morgan fingerprint density at radius 3 is 1.56 bits per heavy atom. The largest absolute Gasteiger partial charge is 0.467 e. The van der Waals surface area contributed by atoms with Crippen LogP contribution in [0.15, 0.2) is 0 Å². The van der Waals surface area contributed by atoms with Gasteiger partial charge in [0.05, 0.1) is 20.3 Å². The number of halogens is 12. The number of methoxy groups -OCH3 is 1. The van der Waals surface area contributed by atoms with Gasteiger partial charge in [-0.3, -0.25) is 0 Å². The second kappa shape index (κ2) is 10.8. The van der Waals surface area contributed by atoms with Crippen molar-refractivity contribution in [3.05, 3.63) is 0 Å². The Hall–Kier alpha value is -1.98. The van der Waals surface area contributed by atoms with Gasteiger partial charge in [0.25, 0.3) is 0 Å². The molecule has 0 saturated heterocycles. The van der Waals surface area contributed by atoms with Gasteiger partial charge in [-0.2, -0.15) is 43.9 Å². The average Bonchev–Trinajstić information content (AvgIpc) is 2.67. The summed E-state index contributed by atoms with van der Waals surface area (Å²) in [4.78, 5) is 21.8. The van der Waals surface area contributed by atoms with Crippen LogP contribution in [0.2, 0.25) is 0 Å². The maximum atomic E-state index is 13.4. The molecule has 0 spiro atoms. The normalized spacial score (nSPS) is 13.9. The lowest BCUT2D eigenvalue weighted by Crippen LogP contribution is -2.69. The first kappa shape index (κ1) is 30.0. The number of ether oxygens (including phenoxy) is 4. The fourth-order valence-electron chi connectivity index (χ4n) is 1.56. The highest BCUT2D eigenvalue weighted by molar-refractivity contribution is 5.71. The molecule has 0 bridgehead atoms. The smallest absolute Gasteiger partial charge is 0.384 e. The zero-order valence-electron chi connectivity index (χ0n) is 15.6. The quantitative estimate of drug-likeness (QED) is 0.205. The topological polar surface area (TPSA) is 71.1 Å². The monoisotopic (exact) mass is 506 g/mol. The van der Waals surface area contributed by atoms with E-state index in [-0.39, 0.29) is 6.61 Å². The maximum absolute atomic E-state index is 13.4. The predicted molar refractivity (Wildman–Crippen MR) is 75.4 cm³/mol. The zero-order chi connectivity index (χ0) is 25.6. The minimum atomic E-state index is -7.71. The van der Waals surface area contributed by atoms with Crippen molar-refractivity contribution in [1.29, 1.82) is 0 Å². The van der Waals surface area contributed by atoms with Crippen LogP contribution in [0.1, 0.15) is 0 Å². The van der Waals surface area contributed by atoms with Gasteiger partial charge < -0.3 is 18.9 Å². The number of hydrogen-bond acceptors (Lipinski definition) is 6. The number of esters is 2. The Morgan fingerprint density at radius 2 is 1.16 bits per heavy atom. The lowest BCUT2D eigenvalue weighted by molar-refractivity contribution is -0.414. The van der Waals surface area contributed by atoms with Crippen molar-refractivity contribution in [3.8, 4) is 0 Å². The van der Waals surface area contributed by atoms with E-state index in [1.54, 1.807) is 0 Å². The van der Waals surface area contributed by atoms with Gasteiger partial charge in [-0.25, -0.2) is 18.4 Å². The molecule has 0 aliphatic heterocycles. The molecule has 0 aliphatic carbocycles. The minimum absolute atomic E-state index is 0.379. The van der Waals surface area contributed by atoms with E-state index in [2.05, 4.69) is 18.9 Å². The summed E-state index contributed by atoms with van der Waals surface area (Å²) in [6, 6.07) is 0. The van der Waals surface area contributed by atoms with Crippen molar-refractivity contribution in [2.75, 3.05) is 40.1 Å². The van der Waals surface area contributed by atoms with E-state index >= 15 is 0 Å². The molecule has 0 radical (unpaired) electrons. The molecule has 0 aromatic carbocycles. The molecular formula is C14H14F12O6. The maximum Gasteiger partial charge on any atom is 0.384 e. The highest BCUT2D eigenvalue weighted by atomic mass is 19.4. The standard InChI is InChI=1S/C14H14F12O6/c1-29-7(27)4-30-2-3-31-5-8(28)32-6-10(17,18)12(21,22)14(25,26)13(23,24)11(19,20)9(15)16/h9H,2-6H2,1H3. The predicted octanol–water partition coefficient (Wildman–Crippen LogP) is 3.18. The third-order valence-corrected chi connectivity index (χ3v) is 3.39. The fraction of sp³-hybridized carbons (Fsp3) is 0.857. The van der Waals surface area contributed by atoms with Crippen LogP contribution in [0, 0.1) is 0 Å². The van der Waals surface area contributed by atoms with E-state index in [4.69, 9.17) is 0 Å². The van der Waals surface area contributed by atoms with E-state index in [9.17, 15) is 62.3 Å². The molecule has 0 unspecified atom stereocenters. The summed E-state index contributed by atoms with van der Waals surface area (Å²) in [5, 5.41) is 0. The highest BCUT2D eigenvalue weighted by Gasteiger charge is 2.87. The van der Waals surface area contributed by atoms with E-state index in [1.807, 2.05) is 0 Å². The van der Waals surface area contributed by atoms with Gasteiger partial charge in [0, 0.05) is 0 Å². The van der Waals surface area contributed by atoms with Gasteiger partial charge in [0.15, 0.2) is 6.61 Å². The Morgan fingerprint density at radius 1 is 0.719 bits per heavy atom. The molecule has 0 aromatic heterocycles. The summed E-state index contributed by atoms with van der Waals surface area (Å²) in [6.07, 6.45) is -5.61. The summed E-state index contributed by atoms with van der Waals surface area (Å²) < 4.78 is 172. The summed E-state index contributed by atoms with van der Waals surface area (Å²) in [5.74, 6) is -38.9. The minimum Gasteiger partial charge on any atom is -0.467 e. The molecule has 0 rings (SSSR count). The highest BCUT2D eigenvalue weighted by Crippen LogP contribution is 2.58. The average molecular weight is 506 g/mol. The van der Waals surface area contributed by atoms with E-state index < -0.39 is 74.4 Å². The second-order valence-electron chi connectivity index (χ2n) is 5.69. The first-order valence-corrected chi connectivity index (χ1v) is 7.84. The molecule has 18 heteroatoms. The molecule has 0 saturated carbocycles. The molecule has 0 atom stereocenters. The molecule has 0 aromatic rings. The molecule has 190 valence electrons. The number of carbonyl (C=O) groups excluding carboxylic acids is 2. The van der Waals surface area contributed by atoms with Crippen LogP contribution in [0.4, 0.5) is 52.7 Å². The first-order chi connectivity index (χ1) is 14.3. The van der Waals surface area contributed by atoms with Crippen LogP contribution in [-0.4, -0.2) is 88.1 Å². The van der Waals surface area contributed by atoms with Crippen molar-refractivity contribution < 1.29 is 81.2 Å². The van der Waals surface area contributed by atoms with Crippen LogP contribution < -0.4 is 0 Å². The zero-order valence-corrected chi connectivity index (χ0v) is 15.6. The first-order valence-electron chi connectivity index (χ1n) is 7.84. The lowest BCUT2D eigenvalue weighted by Gasteiger charge is -2.38. The molecule has 6 nitrogen and oxygen atoms in total. The van der Waals surface area contributed by atoms with E-state index in [1.165, 1.54) is 0 Å². The fourth-order valence-corrected chi connectivity index (χ4v) is 1.56. The van der Waals surface area contributed by atoms with Gasteiger partial charge in [0.1, 0.15) is 13.2 Å². The Bertz CT molecular complexity index is 640. The van der Waals surface area contributed by atoms with Crippen LogP contribution in [0.5, 0.6) is 0 Å².